The Morgan fingerprint density at radius 3 is 3.07 bits per heavy atom. The highest BCUT2D eigenvalue weighted by molar-refractivity contribution is 5.91. The molecule has 0 aliphatic rings. The van der Waals surface area contributed by atoms with Gasteiger partial charge in [-0.25, -0.2) is 9.78 Å². The summed E-state index contributed by atoms with van der Waals surface area (Å²) in [6, 6.07) is 5.31. The van der Waals surface area contributed by atoms with E-state index in [1.54, 1.807) is 18.2 Å². The Morgan fingerprint density at radius 2 is 2.40 bits per heavy atom. The predicted octanol–water partition coefficient (Wildman–Crippen LogP) is 1.66. The van der Waals surface area contributed by atoms with Crippen LogP contribution in [0.4, 0.5) is 0 Å². The fourth-order valence-corrected chi connectivity index (χ4v) is 1.38. The van der Waals surface area contributed by atoms with Gasteiger partial charge in [-0.15, -0.1) is 0 Å². The van der Waals surface area contributed by atoms with Crippen molar-refractivity contribution >= 4 is 17.0 Å². The van der Waals surface area contributed by atoms with E-state index < -0.39 is 5.97 Å². The topological polar surface area (TPSA) is 75.2 Å². The first-order valence-electron chi connectivity index (χ1n) is 4.57. The van der Waals surface area contributed by atoms with E-state index in [9.17, 15) is 4.79 Å². The van der Waals surface area contributed by atoms with Crippen molar-refractivity contribution in [2.75, 3.05) is 6.61 Å². The van der Waals surface area contributed by atoms with Crippen LogP contribution in [0.2, 0.25) is 0 Å². The minimum absolute atomic E-state index is 0.0721. The average Bonchev–Trinajstić information content (AvgIpc) is 2.63. The number of aromatic nitrogens is 2. The number of carboxylic acids is 1. The highest BCUT2D eigenvalue weighted by Crippen LogP contribution is 2.23. The molecule has 0 fully saturated rings. The lowest BCUT2D eigenvalue weighted by Crippen LogP contribution is -1.98. The Kier molecular flexibility index (Phi) is 2.29. The fourth-order valence-electron chi connectivity index (χ4n) is 1.38. The summed E-state index contributed by atoms with van der Waals surface area (Å²) in [6.07, 6.45) is 0. The van der Waals surface area contributed by atoms with Crippen LogP contribution in [0.25, 0.3) is 11.0 Å². The summed E-state index contributed by atoms with van der Waals surface area (Å²) in [5.74, 6) is -0.551. The lowest BCUT2D eigenvalue weighted by atomic mass is 10.3. The number of hydrogen-bond acceptors (Lipinski definition) is 3. The van der Waals surface area contributed by atoms with Crippen LogP contribution in [0.3, 0.4) is 0 Å². The van der Waals surface area contributed by atoms with Crippen molar-refractivity contribution in [2.24, 2.45) is 0 Å². The number of carboxylic acid groups (broad SMARTS) is 1. The molecule has 0 unspecified atom stereocenters. The van der Waals surface area contributed by atoms with Gasteiger partial charge in [0, 0.05) is 0 Å². The Hall–Kier alpha value is -2.04. The second-order valence-corrected chi connectivity index (χ2v) is 2.98. The minimum Gasteiger partial charge on any atom is -0.492 e. The summed E-state index contributed by atoms with van der Waals surface area (Å²) in [7, 11) is 0. The molecule has 0 spiro atoms. The highest BCUT2D eigenvalue weighted by atomic mass is 16.5. The van der Waals surface area contributed by atoms with Crippen LogP contribution in [0, 0.1) is 0 Å². The van der Waals surface area contributed by atoms with Crippen LogP contribution in [0.5, 0.6) is 5.75 Å². The van der Waals surface area contributed by atoms with Crippen LogP contribution in [-0.4, -0.2) is 27.7 Å². The van der Waals surface area contributed by atoms with Gasteiger partial charge in [-0.2, -0.15) is 0 Å². The monoisotopic (exact) mass is 206 g/mol. The van der Waals surface area contributed by atoms with Crippen molar-refractivity contribution in [1.29, 1.82) is 0 Å². The number of fused-ring (bicyclic) bond motifs is 1. The Labute approximate surface area is 85.7 Å². The molecule has 1 aromatic heterocycles. The number of aromatic amines is 1. The van der Waals surface area contributed by atoms with Crippen molar-refractivity contribution < 1.29 is 14.6 Å². The number of ether oxygens (including phenoxy) is 1. The van der Waals surface area contributed by atoms with Gasteiger partial charge in [-0.1, -0.05) is 6.07 Å². The largest absolute Gasteiger partial charge is 0.492 e. The summed E-state index contributed by atoms with van der Waals surface area (Å²) in [6.45, 7) is 2.39. The smallest absolute Gasteiger partial charge is 0.371 e. The van der Waals surface area contributed by atoms with Gasteiger partial charge in [0.2, 0.25) is 5.82 Å². The van der Waals surface area contributed by atoms with E-state index in [-0.39, 0.29) is 5.82 Å². The van der Waals surface area contributed by atoms with Crippen LogP contribution in [-0.2, 0) is 0 Å². The SMILES string of the molecule is CCOc1cccc2[nH]c(C(=O)O)nc12. The van der Waals surface area contributed by atoms with Crippen LogP contribution in [0.15, 0.2) is 18.2 Å². The van der Waals surface area contributed by atoms with Crippen LogP contribution in [0.1, 0.15) is 17.5 Å². The summed E-state index contributed by atoms with van der Waals surface area (Å²) >= 11 is 0. The number of aromatic carboxylic acids is 1. The zero-order valence-corrected chi connectivity index (χ0v) is 8.15. The van der Waals surface area contributed by atoms with Crippen molar-refractivity contribution in [1.82, 2.24) is 9.97 Å². The Bertz CT molecular complexity index is 504. The van der Waals surface area contributed by atoms with Crippen molar-refractivity contribution in [3.63, 3.8) is 0 Å². The molecule has 0 atom stereocenters. The van der Waals surface area contributed by atoms with E-state index in [1.807, 2.05) is 6.92 Å². The number of para-hydroxylation sites is 1. The first kappa shape index (κ1) is 9.51. The van der Waals surface area contributed by atoms with E-state index in [0.717, 1.165) is 0 Å². The maximum absolute atomic E-state index is 10.7. The molecule has 2 N–H and O–H groups in total. The Morgan fingerprint density at radius 1 is 1.60 bits per heavy atom. The highest BCUT2D eigenvalue weighted by Gasteiger charge is 2.12. The predicted molar refractivity (Wildman–Crippen MR) is 54.2 cm³/mol. The van der Waals surface area contributed by atoms with Crippen molar-refractivity contribution in [2.45, 2.75) is 6.92 Å². The van der Waals surface area contributed by atoms with E-state index in [0.29, 0.717) is 23.4 Å². The van der Waals surface area contributed by atoms with E-state index in [4.69, 9.17) is 9.84 Å². The number of carbonyl (C=O) groups is 1. The van der Waals surface area contributed by atoms with Gasteiger partial charge in [0.15, 0.2) is 0 Å². The maximum Gasteiger partial charge on any atom is 0.371 e. The van der Waals surface area contributed by atoms with Crippen LogP contribution < -0.4 is 4.74 Å². The van der Waals surface area contributed by atoms with Gasteiger partial charge in [0.1, 0.15) is 11.3 Å². The van der Waals surface area contributed by atoms with Crippen LogP contribution >= 0.6 is 0 Å². The third-order valence-electron chi connectivity index (χ3n) is 1.98. The molecule has 1 aromatic carbocycles. The third kappa shape index (κ3) is 1.63. The molecule has 0 bridgehead atoms. The zero-order valence-electron chi connectivity index (χ0n) is 8.15. The molecule has 0 saturated heterocycles. The molecule has 0 aliphatic carbocycles. The minimum atomic E-state index is -1.08. The first-order valence-corrected chi connectivity index (χ1v) is 4.57. The maximum atomic E-state index is 10.7. The lowest BCUT2D eigenvalue weighted by Gasteiger charge is -2.01. The quantitative estimate of drug-likeness (QED) is 0.800. The van der Waals surface area contributed by atoms with Gasteiger partial charge >= 0.3 is 5.97 Å². The number of rotatable bonds is 3. The molecule has 0 aliphatic heterocycles. The standard InChI is InChI=1S/C10H10N2O3/c1-2-15-7-5-3-4-6-8(7)12-9(11-6)10(13)14/h3-5H,2H2,1H3,(H,11,12)(H,13,14). The molecule has 2 aromatic rings. The molecule has 0 amide bonds. The average molecular weight is 206 g/mol. The van der Waals surface area contributed by atoms with E-state index >= 15 is 0 Å². The molecule has 15 heavy (non-hydrogen) atoms. The summed E-state index contributed by atoms with van der Waals surface area (Å²) in [5.41, 5.74) is 1.22. The molecule has 5 nitrogen and oxygen atoms in total. The number of nitrogens with one attached hydrogen (secondary N) is 1. The Balaban J connectivity index is 2.59. The molecule has 1 heterocycles. The summed E-state index contributed by atoms with van der Waals surface area (Å²) in [4.78, 5) is 17.4. The van der Waals surface area contributed by atoms with Crippen molar-refractivity contribution in [3.8, 4) is 5.75 Å². The first-order chi connectivity index (χ1) is 7.22. The molecular weight excluding hydrogens is 196 g/mol. The number of nitrogens with zero attached hydrogens (tertiary/aromatic N) is 1. The summed E-state index contributed by atoms with van der Waals surface area (Å²) in [5, 5.41) is 8.77. The summed E-state index contributed by atoms with van der Waals surface area (Å²) < 4.78 is 5.34. The molecule has 5 heteroatoms. The van der Waals surface area contributed by atoms with Gasteiger partial charge in [0.05, 0.1) is 12.1 Å². The number of imidazole rings is 1. The number of hydrogen-bond donors (Lipinski definition) is 2. The fraction of sp³-hybridized carbons (Fsp3) is 0.200. The second kappa shape index (κ2) is 3.61. The molecule has 0 radical (unpaired) electrons. The van der Waals surface area contributed by atoms with E-state index in [1.165, 1.54) is 0 Å². The second-order valence-electron chi connectivity index (χ2n) is 2.98. The molecule has 2 rings (SSSR count). The molecular formula is C10H10N2O3. The van der Waals surface area contributed by atoms with Gasteiger partial charge in [0.25, 0.3) is 0 Å². The van der Waals surface area contributed by atoms with Crippen molar-refractivity contribution in [3.05, 3.63) is 24.0 Å². The molecule has 78 valence electrons. The number of H-pyrrole nitrogens is 1. The number of benzene rings is 1. The van der Waals surface area contributed by atoms with Gasteiger partial charge in [-0.05, 0) is 19.1 Å². The third-order valence-corrected chi connectivity index (χ3v) is 1.98. The van der Waals surface area contributed by atoms with Gasteiger partial charge < -0.3 is 14.8 Å². The normalized spacial score (nSPS) is 10.5. The lowest BCUT2D eigenvalue weighted by molar-refractivity contribution is 0.0685. The zero-order chi connectivity index (χ0) is 10.8. The van der Waals surface area contributed by atoms with Gasteiger partial charge in [-0.3, -0.25) is 0 Å². The molecule has 0 saturated carbocycles. The van der Waals surface area contributed by atoms with E-state index in [2.05, 4.69) is 9.97 Å².